The van der Waals surface area contributed by atoms with Crippen molar-refractivity contribution in [2.45, 2.75) is 0 Å². The van der Waals surface area contributed by atoms with E-state index in [-0.39, 0.29) is 17.0 Å². The van der Waals surface area contributed by atoms with Crippen LogP contribution in [0.1, 0.15) is 0 Å². The van der Waals surface area contributed by atoms with E-state index in [4.69, 9.17) is 9.52 Å². The number of hydrogen-bond acceptors (Lipinski definition) is 4. The predicted molar refractivity (Wildman–Crippen MR) is 58.8 cm³/mol. The number of benzene rings is 1. The van der Waals surface area contributed by atoms with Gasteiger partial charge < -0.3 is 14.3 Å². The maximum Gasteiger partial charge on any atom is 0.513 e. The molecule has 0 amide bonds. The van der Waals surface area contributed by atoms with E-state index < -0.39 is 6.16 Å². The molecule has 2 rings (SSSR count). The van der Waals surface area contributed by atoms with Gasteiger partial charge in [0.2, 0.25) is 0 Å². The van der Waals surface area contributed by atoms with Crippen molar-refractivity contribution in [1.82, 2.24) is 0 Å². The minimum Gasteiger partial charge on any atom is -0.449 e. The van der Waals surface area contributed by atoms with Gasteiger partial charge in [0.25, 0.3) is 5.95 Å². The van der Waals surface area contributed by atoms with Crippen molar-refractivity contribution < 1.29 is 19.1 Å². The van der Waals surface area contributed by atoms with Crippen molar-refractivity contribution in [2.24, 2.45) is 0 Å². The van der Waals surface area contributed by atoms with Crippen LogP contribution in [0.15, 0.2) is 37.9 Å². The Bertz CT molecular complexity index is 616. The molecule has 0 spiro atoms. The summed E-state index contributed by atoms with van der Waals surface area (Å²) in [5.41, 5.74) is -0.0919. The van der Waals surface area contributed by atoms with E-state index in [0.717, 1.165) is 10.5 Å². The second kappa shape index (κ2) is 3.97. The molecule has 5 nitrogen and oxygen atoms in total. The predicted octanol–water partition coefficient (Wildman–Crippen LogP) is 2.61. The van der Waals surface area contributed by atoms with Gasteiger partial charge in [-0.2, -0.15) is 0 Å². The summed E-state index contributed by atoms with van der Waals surface area (Å²) in [6, 6.07) is 5.81. The van der Waals surface area contributed by atoms with E-state index in [1.807, 2.05) is 0 Å². The molecule has 0 atom stereocenters. The monoisotopic (exact) mass is 284 g/mol. The fourth-order valence-corrected chi connectivity index (χ4v) is 1.60. The van der Waals surface area contributed by atoms with E-state index in [2.05, 4.69) is 20.7 Å². The highest BCUT2D eigenvalue weighted by molar-refractivity contribution is 9.10. The molecule has 0 saturated heterocycles. The molecular weight excluding hydrogens is 280 g/mol. The average Bonchev–Trinajstić information content (AvgIpc) is 2.18. The quantitative estimate of drug-likeness (QED) is 0.815. The Kier molecular flexibility index (Phi) is 2.66. The number of hydrogen-bond donors (Lipinski definition) is 1. The van der Waals surface area contributed by atoms with E-state index in [1.165, 1.54) is 0 Å². The van der Waals surface area contributed by atoms with Gasteiger partial charge in [-0.05, 0) is 18.2 Å². The zero-order valence-electron chi connectivity index (χ0n) is 7.77. The lowest BCUT2D eigenvalue weighted by atomic mass is 10.2. The van der Waals surface area contributed by atoms with Crippen LogP contribution >= 0.6 is 15.9 Å². The molecule has 82 valence electrons. The van der Waals surface area contributed by atoms with Gasteiger partial charge in [0, 0.05) is 4.47 Å². The molecule has 0 radical (unpaired) electrons. The first kappa shape index (κ1) is 10.7. The fraction of sp³-hybridized carbons (Fsp3) is 0. The summed E-state index contributed by atoms with van der Waals surface area (Å²) < 4.78 is 10.1. The summed E-state index contributed by atoms with van der Waals surface area (Å²) in [5.74, 6) is -0.340. The normalized spacial score (nSPS) is 10.3. The van der Waals surface area contributed by atoms with Gasteiger partial charge in [0.15, 0.2) is 5.43 Å². The van der Waals surface area contributed by atoms with Crippen LogP contribution in [0.3, 0.4) is 0 Å². The third-order valence-electron chi connectivity index (χ3n) is 1.85. The molecule has 1 aromatic heterocycles. The average molecular weight is 285 g/mol. The summed E-state index contributed by atoms with van der Waals surface area (Å²) in [5, 5.41) is 8.74. The number of carboxylic acid groups (broad SMARTS) is 1. The second-order valence-corrected chi connectivity index (χ2v) is 3.85. The lowest BCUT2D eigenvalue weighted by Gasteiger charge is -2.00. The molecule has 1 heterocycles. The number of halogens is 1. The Morgan fingerprint density at radius 2 is 2.12 bits per heavy atom. The largest absolute Gasteiger partial charge is 0.513 e. The minimum atomic E-state index is -1.53. The smallest absolute Gasteiger partial charge is 0.449 e. The van der Waals surface area contributed by atoms with E-state index in [0.29, 0.717) is 5.39 Å². The first-order chi connectivity index (χ1) is 7.56. The van der Waals surface area contributed by atoms with Crippen LogP contribution in [0.2, 0.25) is 0 Å². The van der Waals surface area contributed by atoms with Gasteiger partial charge >= 0.3 is 6.16 Å². The molecule has 1 aromatic carbocycles. The van der Waals surface area contributed by atoms with Crippen LogP contribution in [-0.4, -0.2) is 11.3 Å². The highest BCUT2D eigenvalue weighted by Crippen LogP contribution is 2.20. The molecule has 1 N–H and O–H groups in total. The first-order valence-electron chi connectivity index (χ1n) is 4.20. The molecule has 2 aromatic rings. The summed E-state index contributed by atoms with van der Waals surface area (Å²) in [6.07, 6.45) is -1.53. The molecular formula is C10H5BrO5. The Morgan fingerprint density at radius 3 is 2.81 bits per heavy atom. The number of fused-ring (bicyclic) bond motifs is 1. The van der Waals surface area contributed by atoms with E-state index >= 15 is 0 Å². The van der Waals surface area contributed by atoms with Crippen LogP contribution in [0.5, 0.6) is 5.95 Å². The zero-order chi connectivity index (χ0) is 11.7. The lowest BCUT2D eigenvalue weighted by molar-refractivity contribution is 0.133. The Morgan fingerprint density at radius 1 is 1.38 bits per heavy atom. The van der Waals surface area contributed by atoms with Crippen molar-refractivity contribution in [2.75, 3.05) is 0 Å². The Balaban J connectivity index is 2.64. The van der Waals surface area contributed by atoms with Crippen LogP contribution in [0.4, 0.5) is 4.79 Å². The van der Waals surface area contributed by atoms with Crippen molar-refractivity contribution in [3.63, 3.8) is 0 Å². The standard InChI is InChI=1S/C10H5BrO5/c11-5-1-2-8-6(3-5)7(12)4-9(15-8)16-10(13)14/h1-4H,(H,13,14). The number of ether oxygens (including phenoxy) is 1. The van der Waals surface area contributed by atoms with Crippen molar-refractivity contribution in [3.8, 4) is 5.95 Å². The van der Waals surface area contributed by atoms with Crippen molar-refractivity contribution in [3.05, 3.63) is 39.0 Å². The summed E-state index contributed by atoms with van der Waals surface area (Å²) in [4.78, 5) is 21.9. The lowest BCUT2D eigenvalue weighted by Crippen LogP contribution is -2.07. The van der Waals surface area contributed by atoms with Gasteiger partial charge in [-0.15, -0.1) is 0 Å². The maximum atomic E-state index is 11.6. The van der Waals surface area contributed by atoms with Crippen LogP contribution in [0.25, 0.3) is 11.0 Å². The molecule has 0 aliphatic carbocycles. The molecule has 0 unspecified atom stereocenters. The molecule has 0 saturated carbocycles. The van der Waals surface area contributed by atoms with Gasteiger partial charge in [0.1, 0.15) is 5.58 Å². The summed E-state index contributed by atoms with van der Waals surface area (Å²) in [6.45, 7) is 0. The zero-order valence-corrected chi connectivity index (χ0v) is 9.35. The third kappa shape index (κ3) is 2.06. The first-order valence-corrected chi connectivity index (χ1v) is 5.00. The van der Waals surface area contributed by atoms with Gasteiger partial charge in [-0.25, -0.2) is 4.79 Å². The Labute approximate surface area is 97.4 Å². The van der Waals surface area contributed by atoms with Gasteiger partial charge in [0.05, 0.1) is 11.5 Å². The van der Waals surface area contributed by atoms with Crippen molar-refractivity contribution in [1.29, 1.82) is 0 Å². The topological polar surface area (TPSA) is 76.7 Å². The van der Waals surface area contributed by atoms with E-state index in [9.17, 15) is 9.59 Å². The molecule has 6 heteroatoms. The van der Waals surface area contributed by atoms with Crippen LogP contribution < -0.4 is 10.2 Å². The minimum absolute atomic E-state index is 0.270. The van der Waals surface area contributed by atoms with Gasteiger partial charge in [-0.1, -0.05) is 15.9 Å². The fourth-order valence-electron chi connectivity index (χ4n) is 1.24. The molecule has 0 bridgehead atoms. The molecule has 0 aliphatic heterocycles. The molecule has 0 aliphatic rings. The SMILES string of the molecule is O=C(O)Oc1cc(=O)c2cc(Br)ccc2o1. The van der Waals surface area contributed by atoms with Gasteiger partial charge in [-0.3, -0.25) is 4.79 Å². The van der Waals surface area contributed by atoms with E-state index in [1.54, 1.807) is 18.2 Å². The maximum absolute atomic E-state index is 11.6. The summed E-state index contributed by atoms with van der Waals surface area (Å²) in [7, 11) is 0. The van der Waals surface area contributed by atoms with Crippen LogP contribution in [0, 0.1) is 0 Å². The Hall–Kier alpha value is -1.82. The van der Waals surface area contributed by atoms with Crippen LogP contribution in [-0.2, 0) is 0 Å². The highest BCUT2D eigenvalue weighted by atomic mass is 79.9. The highest BCUT2D eigenvalue weighted by Gasteiger charge is 2.08. The third-order valence-corrected chi connectivity index (χ3v) is 2.35. The summed E-state index contributed by atoms with van der Waals surface area (Å²) >= 11 is 3.22. The molecule has 16 heavy (non-hydrogen) atoms. The second-order valence-electron chi connectivity index (χ2n) is 2.94. The number of rotatable bonds is 1. The molecule has 0 fully saturated rings. The number of carbonyl (C=O) groups is 1. The van der Waals surface area contributed by atoms with Crippen molar-refractivity contribution >= 4 is 33.1 Å².